The number of carboxylic acid groups (broad SMARTS) is 1. The van der Waals surface area contributed by atoms with Gasteiger partial charge < -0.3 is 9.84 Å². The number of alkyl halides is 1. The Morgan fingerprint density at radius 3 is 2.38 bits per heavy atom. The van der Waals surface area contributed by atoms with Crippen molar-refractivity contribution < 1.29 is 19.0 Å². The maximum atomic E-state index is 13.5. The third-order valence-electron chi connectivity index (χ3n) is 2.13. The molecule has 0 unspecified atom stereocenters. The van der Waals surface area contributed by atoms with E-state index in [-0.39, 0.29) is 13.0 Å². The molecule has 0 bridgehead atoms. The average molecular weight is 226 g/mol. The summed E-state index contributed by atoms with van der Waals surface area (Å²) in [5.74, 6) is -0.351. The molecule has 0 saturated carbocycles. The second-order valence-corrected chi connectivity index (χ2v) is 3.99. The van der Waals surface area contributed by atoms with E-state index in [1.165, 1.54) is 13.8 Å². The molecule has 0 atom stereocenters. The van der Waals surface area contributed by atoms with Crippen LogP contribution in [0.15, 0.2) is 24.3 Å². The lowest BCUT2D eigenvalue weighted by atomic mass is 10.0. The highest BCUT2D eigenvalue weighted by atomic mass is 19.1. The molecule has 0 aliphatic carbocycles. The first kappa shape index (κ1) is 12.5. The first-order chi connectivity index (χ1) is 7.39. The summed E-state index contributed by atoms with van der Waals surface area (Å²) >= 11 is 0. The van der Waals surface area contributed by atoms with Gasteiger partial charge in [-0.1, -0.05) is 12.1 Å². The molecule has 0 heterocycles. The molecule has 0 amide bonds. The van der Waals surface area contributed by atoms with Crippen molar-refractivity contribution in [3.63, 3.8) is 0 Å². The van der Waals surface area contributed by atoms with E-state index in [9.17, 15) is 9.18 Å². The van der Waals surface area contributed by atoms with Crippen LogP contribution >= 0.6 is 0 Å². The molecule has 0 aliphatic rings. The van der Waals surface area contributed by atoms with E-state index in [2.05, 4.69) is 0 Å². The zero-order valence-electron chi connectivity index (χ0n) is 9.37. The molecule has 16 heavy (non-hydrogen) atoms. The monoisotopic (exact) mass is 226 g/mol. The van der Waals surface area contributed by atoms with Gasteiger partial charge in [-0.05, 0) is 31.5 Å². The van der Waals surface area contributed by atoms with E-state index in [0.717, 1.165) is 0 Å². The predicted octanol–water partition coefficient (Wildman–Crippen LogP) is 2.74. The minimum absolute atomic E-state index is 0.0453. The molecule has 1 rings (SSSR count). The molecule has 0 fully saturated rings. The largest absolute Gasteiger partial charge is 0.493 e. The van der Waals surface area contributed by atoms with Gasteiger partial charge in [-0.3, -0.25) is 4.79 Å². The molecule has 0 aromatic heterocycles. The van der Waals surface area contributed by atoms with E-state index < -0.39 is 11.6 Å². The van der Waals surface area contributed by atoms with Crippen molar-refractivity contribution in [3.05, 3.63) is 29.8 Å². The maximum Gasteiger partial charge on any atom is 0.306 e. The Hall–Kier alpha value is -1.58. The number of ether oxygens (including phenoxy) is 1. The van der Waals surface area contributed by atoms with E-state index in [1.807, 2.05) is 0 Å². The van der Waals surface area contributed by atoms with Crippen molar-refractivity contribution in [3.8, 4) is 5.75 Å². The second-order valence-electron chi connectivity index (χ2n) is 3.99. The third-order valence-corrected chi connectivity index (χ3v) is 2.13. The SMILES string of the molecule is CC(C)(F)c1ccc(OCCC(=O)O)cc1. The number of carboxylic acids is 1. The number of aliphatic carboxylic acids is 1. The second kappa shape index (κ2) is 4.96. The van der Waals surface area contributed by atoms with Gasteiger partial charge in [0.25, 0.3) is 0 Å². The van der Waals surface area contributed by atoms with Gasteiger partial charge in [0.05, 0.1) is 13.0 Å². The van der Waals surface area contributed by atoms with Crippen molar-refractivity contribution in [2.24, 2.45) is 0 Å². The van der Waals surface area contributed by atoms with E-state index in [4.69, 9.17) is 9.84 Å². The molecule has 4 heteroatoms. The highest BCUT2D eigenvalue weighted by Crippen LogP contribution is 2.26. The lowest BCUT2D eigenvalue weighted by molar-refractivity contribution is -0.137. The topological polar surface area (TPSA) is 46.5 Å². The molecular formula is C12H15FO3. The van der Waals surface area contributed by atoms with Gasteiger partial charge in [0.1, 0.15) is 11.4 Å². The maximum absolute atomic E-state index is 13.5. The van der Waals surface area contributed by atoms with Crippen LogP contribution in [-0.2, 0) is 10.5 Å². The Morgan fingerprint density at radius 1 is 1.38 bits per heavy atom. The van der Waals surface area contributed by atoms with Gasteiger partial charge in [0, 0.05) is 0 Å². The molecule has 1 aromatic rings. The zero-order chi connectivity index (χ0) is 12.2. The van der Waals surface area contributed by atoms with Gasteiger partial charge in [-0.2, -0.15) is 0 Å². The van der Waals surface area contributed by atoms with E-state index in [1.54, 1.807) is 24.3 Å². The molecular weight excluding hydrogens is 211 g/mol. The summed E-state index contributed by atoms with van der Waals surface area (Å²) in [6.07, 6.45) is -0.0453. The molecule has 3 nitrogen and oxygen atoms in total. The van der Waals surface area contributed by atoms with E-state index >= 15 is 0 Å². The average Bonchev–Trinajstić information content (AvgIpc) is 2.16. The lowest BCUT2D eigenvalue weighted by Gasteiger charge is -2.14. The van der Waals surface area contributed by atoms with Crippen molar-refractivity contribution in [2.75, 3.05) is 6.61 Å². The molecule has 1 N–H and O–H groups in total. The Labute approximate surface area is 93.9 Å². The van der Waals surface area contributed by atoms with Crippen LogP contribution in [0.3, 0.4) is 0 Å². The number of hydrogen-bond donors (Lipinski definition) is 1. The van der Waals surface area contributed by atoms with Crippen molar-refractivity contribution in [1.82, 2.24) is 0 Å². The number of carbonyl (C=O) groups is 1. The van der Waals surface area contributed by atoms with Crippen LogP contribution in [-0.4, -0.2) is 17.7 Å². The Morgan fingerprint density at radius 2 is 1.94 bits per heavy atom. The smallest absolute Gasteiger partial charge is 0.306 e. The normalized spacial score (nSPS) is 11.2. The highest BCUT2D eigenvalue weighted by Gasteiger charge is 2.18. The third kappa shape index (κ3) is 3.88. The summed E-state index contributed by atoms with van der Waals surface area (Å²) in [5, 5.41) is 8.41. The van der Waals surface area contributed by atoms with Gasteiger partial charge >= 0.3 is 5.97 Å². The standard InChI is InChI=1S/C12H15FO3/c1-12(2,13)9-3-5-10(6-4-9)16-8-7-11(14)15/h3-6H,7-8H2,1-2H3,(H,14,15). The summed E-state index contributed by atoms with van der Waals surface area (Å²) < 4.78 is 18.7. The van der Waals surface area contributed by atoms with Gasteiger partial charge in [0.2, 0.25) is 0 Å². The fraction of sp³-hybridized carbons (Fsp3) is 0.417. The number of rotatable bonds is 5. The lowest BCUT2D eigenvalue weighted by Crippen LogP contribution is -2.09. The van der Waals surface area contributed by atoms with Crippen molar-refractivity contribution in [2.45, 2.75) is 25.9 Å². The Balaban J connectivity index is 2.55. The van der Waals surface area contributed by atoms with Crippen LogP contribution in [0.4, 0.5) is 4.39 Å². The number of benzene rings is 1. The fourth-order valence-electron chi connectivity index (χ4n) is 1.20. The summed E-state index contributed by atoms with van der Waals surface area (Å²) in [5.41, 5.74) is -0.808. The predicted molar refractivity (Wildman–Crippen MR) is 58.3 cm³/mol. The molecule has 88 valence electrons. The van der Waals surface area contributed by atoms with Gasteiger partial charge in [-0.15, -0.1) is 0 Å². The van der Waals surface area contributed by atoms with Crippen molar-refractivity contribution >= 4 is 5.97 Å². The molecule has 0 radical (unpaired) electrons. The molecule has 1 aromatic carbocycles. The van der Waals surface area contributed by atoms with E-state index in [0.29, 0.717) is 11.3 Å². The highest BCUT2D eigenvalue weighted by molar-refractivity contribution is 5.66. The first-order valence-electron chi connectivity index (χ1n) is 5.03. The summed E-state index contributed by atoms with van der Waals surface area (Å²) in [6.45, 7) is 3.08. The Kier molecular flexibility index (Phi) is 3.88. The summed E-state index contributed by atoms with van der Waals surface area (Å²) in [4.78, 5) is 10.2. The molecule has 0 saturated heterocycles. The molecule has 0 spiro atoms. The fourth-order valence-corrected chi connectivity index (χ4v) is 1.20. The zero-order valence-corrected chi connectivity index (χ0v) is 9.37. The minimum Gasteiger partial charge on any atom is -0.493 e. The van der Waals surface area contributed by atoms with Gasteiger partial charge in [-0.25, -0.2) is 4.39 Å². The van der Waals surface area contributed by atoms with Crippen LogP contribution in [0.2, 0.25) is 0 Å². The minimum atomic E-state index is -1.38. The quantitative estimate of drug-likeness (QED) is 0.839. The van der Waals surface area contributed by atoms with Gasteiger partial charge in [0.15, 0.2) is 0 Å². The molecule has 0 aliphatic heterocycles. The number of hydrogen-bond acceptors (Lipinski definition) is 2. The first-order valence-corrected chi connectivity index (χ1v) is 5.03. The van der Waals surface area contributed by atoms with Crippen LogP contribution < -0.4 is 4.74 Å². The van der Waals surface area contributed by atoms with Crippen LogP contribution in [0.25, 0.3) is 0 Å². The summed E-state index contributed by atoms with van der Waals surface area (Å²) in [7, 11) is 0. The van der Waals surface area contributed by atoms with Crippen molar-refractivity contribution in [1.29, 1.82) is 0 Å². The number of halogens is 1. The Bertz CT molecular complexity index is 352. The van der Waals surface area contributed by atoms with Crippen LogP contribution in [0, 0.1) is 0 Å². The summed E-state index contributed by atoms with van der Waals surface area (Å²) in [6, 6.07) is 6.54. The van der Waals surface area contributed by atoms with Crippen LogP contribution in [0.5, 0.6) is 5.75 Å². The van der Waals surface area contributed by atoms with Crippen LogP contribution in [0.1, 0.15) is 25.8 Å².